The molecule has 0 amide bonds. The van der Waals surface area contributed by atoms with Crippen LogP contribution in [-0.2, 0) is 16.4 Å². The van der Waals surface area contributed by atoms with Gasteiger partial charge in [-0.15, -0.1) is 11.8 Å². The Morgan fingerprint density at radius 1 is 1.14 bits per heavy atom. The lowest BCUT2D eigenvalue weighted by atomic mass is 10.2. The summed E-state index contributed by atoms with van der Waals surface area (Å²) in [4.78, 5) is 1.40. The Morgan fingerprint density at radius 3 is 2.62 bits per heavy atom. The van der Waals surface area contributed by atoms with E-state index in [0.29, 0.717) is 10.6 Å². The fraction of sp³-hybridized carbons (Fsp3) is 0.200. The summed E-state index contributed by atoms with van der Waals surface area (Å²) in [5.74, 6) is 0. The van der Waals surface area contributed by atoms with Gasteiger partial charge in [0.1, 0.15) is 0 Å². The van der Waals surface area contributed by atoms with Gasteiger partial charge in [-0.05, 0) is 60.7 Å². The first-order valence-corrected chi connectivity index (χ1v) is 9.33. The Kier molecular flexibility index (Phi) is 3.82. The average Bonchev–Trinajstić information content (AvgIpc) is 2.95. The van der Waals surface area contributed by atoms with Crippen molar-refractivity contribution in [2.45, 2.75) is 16.2 Å². The van der Waals surface area contributed by atoms with Crippen LogP contribution >= 0.6 is 11.8 Å². The molecular formula is C15H16N2O2S2. The molecule has 0 atom stereocenters. The normalized spacial score (nSPS) is 13.6. The zero-order chi connectivity index (χ0) is 14.9. The molecule has 1 aliphatic heterocycles. The van der Waals surface area contributed by atoms with E-state index in [4.69, 9.17) is 0 Å². The van der Waals surface area contributed by atoms with Crippen molar-refractivity contribution in [2.24, 2.45) is 0 Å². The number of hydrogen-bond acceptors (Lipinski definition) is 4. The quantitative estimate of drug-likeness (QED) is 0.850. The van der Waals surface area contributed by atoms with Crippen molar-refractivity contribution in [3.05, 3.63) is 48.0 Å². The number of nitrogens with one attached hydrogen (secondary N) is 2. The van der Waals surface area contributed by atoms with Crippen LogP contribution in [0.15, 0.2) is 52.3 Å². The van der Waals surface area contributed by atoms with Crippen LogP contribution in [0.25, 0.3) is 0 Å². The molecule has 3 rings (SSSR count). The van der Waals surface area contributed by atoms with Gasteiger partial charge in [0.2, 0.25) is 0 Å². The highest BCUT2D eigenvalue weighted by Gasteiger charge is 2.18. The van der Waals surface area contributed by atoms with Gasteiger partial charge in [0, 0.05) is 22.8 Å². The maximum absolute atomic E-state index is 12.4. The highest BCUT2D eigenvalue weighted by atomic mass is 32.2. The minimum absolute atomic E-state index is 0.305. The standard InChI is InChI=1S/C15H16N2O2S2/c1-20-13-4-2-12(3-5-13)17-21(18,19)14-6-7-15-11(10-14)8-9-16-15/h2-7,10,16-17H,8-9H2,1H3. The molecule has 1 aliphatic rings. The van der Waals surface area contributed by atoms with E-state index in [1.807, 2.05) is 24.5 Å². The number of thioether (sulfide) groups is 1. The summed E-state index contributed by atoms with van der Waals surface area (Å²) >= 11 is 1.62. The van der Waals surface area contributed by atoms with Crippen molar-refractivity contribution < 1.29 is 8.42 Å². The molecule has 2 aromatic rings. The minimum atomic E-state index is -3.54. The third kappa shape index (κ3) is 3.01. The summed E-state index contributed by atoms with van der Waals surface area (Å²) in [6.07, 6.45) is 2.85. The van der Waals surface area contributed by atoms with Crippen LogP contribution in [0, 0.1) is 0 Å². The molecule has 0 aliphatic carbocycles. The highest BCUT2D eigenvalue weighted by molar-refractivity contribution is 7.98. The summed E-state index contributed by atoms with van der Waals surface area (Å²) in [6.45, 7) is 0.864. The van der Waals surface area contributed by atoms with E-state index < -0.39 is 10.0 Å². The van der Waals surface area contributed by atoms with Crippen LogP contribution in [0.4, 0.5) is 11.4 Å². The van der Waals surface area contributed by atoms with E-state index in [1.54, 1.807) is 36.0 Å². The smallest absolute Gasteiger partial charge is 0.261 e. The number of hydrogen-bond donors (Lipinski definition) is 2. The van der Waals surface area contributed by atoms with Gasteiger partial charge >= 0.3 is 0 Å². The van der Waals surface area contributed by atoms with Gasteiger partial charge in [-0.1, -0.05) is 0 Å². The van der Waals surface area contributed by atoms with Crippen LogP contribution in [0.1, 0.15) is 5.56 Å². The van der Waals surface area contributed by atoms with Crippen LogP contribution in [0.2, 0.25) is 0 Å². The molecule has 0 radical (unpaired) electrons. The van der Waals surface area contributed by atoms with Crippen molar-refractivity contribution in [2.75, 3.05) is 22.8 Å². The van der Waals surface area contributed by atoms with E-state index in [-0.39, 0.29) is 0 Å². The Labute approximate surface area is 129 Å². The summed E-state index contributed by atoms with van der Waals surface area (Å²) in [5.41, 5.74) is 2.65. The van der Waals surface area contributed by atoms with E-state index in [2.05, 4.69) is 10.0 Å². The molecular weight excluding hydrogens is 304 g/mol. The van der Waals surface area contributed by atoms with Gasteiger partial charge in [0.15, 0.2) is 0 Å². The third-order valence-electron chi connectivity index (χ3n) is 3.44. The zero-order valence-electron chi connectivity index (χ0n) is 11.6. The van der Waals surface area contributed by atoms with E-state index in [1.165, 1.54) is 0 Å². The first kappa shape index (κ1) is 14.3. The van der Waals surface area contributed by atoms with Crippen molar-refractivity contribution >= 4 is 33.2 Å². The Hall–Kier alpha value is -1.66. The topological polar surface area (TPSA) is 58.2 Å². The second-order valence-electron chi connectivity index (χ2n) is 4.83. The first-order valence-electron chi connectivity index (χ1n) is 6.62. The summed E-state index contributed by atoms with van der Waals surface area (Å²) < 4.78 is 27.5. The Balaban J connectivity index is 1.86. The minimum Gasteiger partial charge on any atom is -0.384 e. The lowest BCUT2D eigenvalue weighted by molar-refractivity contribution is 0.601. The fourth-order valence-corrected chi connectivity index (χ4v) is 3.84. The van der Waals surface area contributed by atoms with Crippen molar-refractivity contribution in [3.8, 4) is 0 Å². The summed E-state index contributed by atoms with van der Waals surface area (Å²) in [5, 5.41) is 3.22. The zero-order valence-corrected chi connectivity index (χ0v) is 13.2. The molecule has 0 unspecified atom stereocenters. The van der Waals surface area contributed by atoms with Crippen LogP contribution < -0.4 is 10.0 Å². The molecule has 2 N–H and O–H groups in total. The number of anilines is 2. The van der Waals surface area contributed by atoms with Gasteiger partial charge in [0.25, 0.3) is 10.0 Å². The predicted molar refractivity (Wildman–Crippen MR) is 87.7 cm³/mol. The number of fused-ring (bicyclic) bond motifs is 1. The van der Waals surface area contributed by atoms with E-state index in [0.717, 1.165) is 29.1 Å². The van der Waals surface area contributed by atoms with Crippen LogP contribution in [-0.4, -0.2) is 21.2 Å². The van der Waals surface area contributed by atoms with Gasteiger partial charge in [-0.3, -0.25) is 4.72 Å². The molecule has 2 aromatic carbocycles. The maximum atomic E-state index is 12.4. The van der Waals surface area contributed by atoms with Crippen molar-refractivity contribution in [1.29, 1.82) is 0 Å². The van der Waals surface area contributed by atoms with Crippen LogP contribution in [0.3, 0.4) is 0 Å². The number of rotatable bonds is 4. The molecule has 21 heavy (non-hydrogen) atoms. The maximum Gasteiger partial charge on any atom is 0.261 e. The lowest BCUT2D eigenvalue weighted by Gasteiger charge is -2.10. The van der Waals surface area contributed by atoms with E-state index >= 15 is 0 Å². The number of benzene rings is 2. The molecule has 0 bridgehead atoms. The molecule has 1 heterocycles. The molecule has 0 aromatic heterocycles. The van der Waals surface area contributed by atoms with Crippen LogP contribution in [0.5, 0.6) is 0 Å². The summed E-state index contributed by atoms with van der Waals surface area (Å²) in [6, 6.07) is 12.6. The fourth-order valence-electron chi connectivity index (χ4n) is 2.32. The monoisotopic (exact) mass is 320 g/mol. The second-order valence-corrected chi connectivity index (χ2v) is 7.39. The molecule has 0 saturated carbocycles. The molecule has 0 spiro atoms. The average molecular weight is 320 g/mol. The SMILES string of the molecule is CSc1ccc(NS(=O)(=O)c2ccc3c(c2)CCN3)cc1. The molecule has 4 nitrogen and oxygen atoms in total. The molecule has 110 valence electrons. The first-order chi connectivity index (χ1) is 10.1. The lowest BCUT2D eigenvalue weighted by Crippen LogP contribution is -2.13. The molecule has 0 saturated heterocycles. The highest BCUT2D eigenvalue weighted by Crippen LogP contribution is 2.26. The van der Waals surface area contributed by atoms with Gasteiger partial charge in [-0.25, -0.2) is 8.42 Å². The van der Waals surface area contributed by atoms with Crippen molar-refractivity contribution in [3.63, 3.8) is 0 Å². The Morgan fingerprint density at radius 2 is 1.90 bits per heavy atom. The van der Waals surface area contributed by atoms with E-state index in [9.17, 15) is 8.42 Å². The predicted octanol–water partition coefficient (Wildman–Crippen LogP) is 3.18. The van der Waals surface area contributed by atoms with Crippen molar-refractivity contribution in [1.82, 2.24) is 0 Å². The Bertz CT molecular complexity index is 756. The summed E-state index contributed by atoms with van der Waals surface area (Å²) in [7, 11) is -3.54. The molecule has 0 fully saturated rings. The number of sulfonamides is 1. The van der Waals surface area contributed by atoms with Gasteiger partial charge in [0.05, 0.1) is 4.90 Å². The van der Waals surface area contributed by atoms with Gasteiger partial charge in [-0.2, -0.15) is 0 Å². The second kappa shape index (κ2) is 5.61. The van der Waals surface area contributed by atoms with Gasteiger partial charge < -0.3 is 5.32 Å². The molecule has 6 heteroatoms. The third-order valence-corrected chi connectivity index (χ3v) is 5.56. The largest absolute Gasteiger partial charge is 0.384 e.